The number of aryl methyl sites for hydroxylation is 2. The van der Waals surface area contributed by atoms with Crippen LogP contribution in [-0.4, -0.2) is 45.0 Å². The van der Waals surface area contributed by atoms with Crippen molar-refractivity contribution in [2.45, 2.75) is 71.4 Å². The number of nitrogens with zero attached hydrogens (tertiary/aromatic N) is 4. The molecule has 0 saturated heterocycles. The Morgan fingerprint density at radius 1 is 1.06 bits per heavy atom. The summed E-state index contributed by atoms with van der Waals surface area (Å²) < 4.78 is 0. The van der Waals surface area contributed by atoms with Gasteiger partial charge in [-0.05, 0) is 71.3 Å². The molecule has 3 N–H and O–H groups in total. The molecule has 166 valence electrons. The van der Waals surface area contributed by atoms with Crippen LogP contribution in [0.5, 0.6) is 0 Å². The molecule has 2 saturated carbocycles. The largest absolute Gasteiger partial charge is 0.396 e. The van der Waals surface area contributed by atoms with Gasteiger partial charge in [0.2, 0.25) is 5.95 Å². The van der Waals surface area contributed by atoms with Crippen LogP contribution in [-0.2, 0) is 0 Å². The fraction of sp³-hybridized carbons (Fsp3) is 0.565. The number of nitrogens with one attached hydrogen (secondary N) is 2. The maximum absolute atomic E-state index is 9.54. The topological polar surface area (TPSA) is 95.3 Å². The van der Waals surface area contributed by atoms with E-state index in [0.29, 0.717) is 23.9 Å². The number of aliphatic hydroxyl groups excluding tert-OH is 1. The zero-order valence-electron chi connectivity index (χ0n) is 18.6. The molecule has 2 aromatic rings. The van der Waals surface area contributed by atoms with Crippen molar-refractivity contribution in [2.75, 3.05) is 17.2 Å². The molecular formula is C23H32N6OS. The number of anilines is 2. The minimum atomic E-state index is 0.254. The Kier molecular flexibility index (Phi) is 6.97. The zero-order chi connectivity index (χ0) is 21.8. The van der Waals surface area contributed by atoms with Crippen molar-refractivity contribution in [1.82, 2.24) is 15.0 Å². The summed E-state index contributed by atoms with van der Waals surface area (Å²) in [6, 6.07) is 0.780. The van der Waals surface area contributed by atoms with Crippen LogP contribution >= 0.6 is 11.3 Å². The molecule has 2 fully saturated rings. The lowest BCUT2D eigenvalue weighted by Crippen LogP contribution is -2.28. The predicted octanol–water partition coefficient (Wildman–Crippen LogP) is 4.82. The molecule has 8 heteroatoms. The first-order valence-corrected chi connectivity index (χ1v) is 12.0. The Bertz CT molecular complexity index is 965. The zero-order valence-corrected chi connectivity index (χ0v) is 19.4. The van der Waals surface area contributed by atoms with Gasteiger partial charge in [-0.2, -0.15) is 4.98 Å². The molecule has 4 rings (SSSR count). The highest BCUT2D eigenvalue weighted by atomic mass is 32.1. The van der Waals surface area contributed by atoms with Gasteiger partial charge in [0.1, 0.15) is 10.8 Å². The molecule has 7 nitrogen and oxygen atoms in total. The molecular weight excluding hydrogens is 408 g/mol. The molecule has 2 aliphatic rings. The van der Waals surface area contributed by atoms with Crippen LogP contribution in [0.25, 0.3) is 16.6 Å². The Labute approximate surface area is 188 Å². The van der Waals surface area contributed by atoms with Gasteiger partial charge in [-0.1, -0.05) is 0 Å². The third kappa shape index (κ3) is 5.13. The number of thiazole rings is 1. The lowest BCUT2D eigenvalue weighted by atomic mass is 9.93. The van der Waals surface area contributed by atoms with Gasteiger partial charge in [-0.25, -0.2) is 9.97 Å². The molecule has 0 aromatic carbocycles. The maximum Gasteiger partial charge on any atom is 0.225 e. The van der Waals surface area contributed by atoms with Crippen molar-refractivity contribution >= 4 is 35.4 Å². The van der Waals surface area contributed by atoms with Crippen molar-refractivity contribution in [2.24, 2.45) is 10.9 Å². The van der Waals surface area contributed by atoms with Crippen molar-refractivity contribution in [1.29, 1.82) is 0 Å². The first-order valence-electron chi connectivity index (χ1n) is 11.2. The van der Waals surface area contributed by atoms with E-state index in [2.05, 4.69) is 15.6 Å². The third-order valence-corrected chi connectivity index (χ3v) is 7.32. The summed E-state index contributed by atoms with van der Waals surface area (Å²) in [6.45, 7) is 6.21. The van der Waals surface area contributed by atoms with Crippen molar-refractivity contribution < 1.29 is 5.11 Å². The number of aliphatic imine (C=N–C) groups is 1. The molecule has 2 atom stereocenters. The van der Waals surface area contributed by atoms with E-state index in [-0.39, 0.29) is 6.61 Å². The standard InChI is InChI=1S/C23H32N6OS/c1-4-24-11-10-19-14(2)25-22(31-19)20-15(3)26-23(28-17-6-5-7-17)29-21(20)27-18-9-8-16(12-18)13-30/h4,10-11,16-18,30H,5-9,12-13H2,1-3H3,(H2,26,27,28,29)/b11-10-,24-4?/t16-,18+/m1/s1. The van der Waals surface area contributed by atoms with Gasteiger partial charge in [0.05, 0.1) is 21.8 Å². The molecule has 31 heavy (non-hydrogen) atoms. The van der Waals surface area contributed by atoms with Crippen molar-refractivity contribution in [3.63, 3.8) is 0 Å². The number of hydrogen-bond acceptors (Lipinski definition) is 8. The lowest BCUT2D eigenvalue weighted by molar-refractivity contribution is 0.229. The van der Waals surface area contributed by atoms with Gasteiger partial charge >= 0.3 is 0 Å². The minimum absolute atomic E-state index is 0.254. The molecule has 0 spiro atoms. The summed E-state index contributed by atoms with van der Waals surface area (Å²) in [5, 5.41) is 17.6. The van der Waals surface area contributed by atoms with E-state index < -0.39 is 0 Å². The minimum Gasteiger partial charge on any atom is -0.396 e. The van der Waals surface area contributed by atoms with Gasteiger partial charge in [0.25, 0.3) is 0 Å². The van der Waals surface area contributed by atoms with E-state index in [1.165, 1.54) is 19.3 Å². The second-order valence-corrected chi connectivity index (χ2v) is 9.55. The maximum atomic E-state index is 9.54. The lowest BCUT2D eigenvalue weighted by Gasteiger charge is -2.27. The molecule has 0 amide bonds. The van der Waals surface area contributed by atoms with E-state index in [9.17, 15) is 5.11 Å². The summed E-state index contributed by atoms with van der Waals surface area (Å²) in [5.41, 5.74) is 2.87. The number of aromatic nitrogens is 3. The van der Waals surface area contributed by atoms with E-state index in [0.717, 1.165) is 51.9 Å². The molecule has 2 aliphatic carbocycles. The van der Waals surface area contributed by atoms with E-state index in [1.807, 2.05) is 26.8 Å². The van der Waals surface area contributed by atoms with Crippen LogP contribution in [0.1, 0.15) is 61.7 Å². The van der Waals surface area contributed by atoms with Crippen LogP contribution in [0.4, 0.5) is 11.8 Å². The molecule has 2 heterocycles. The van der Waals surface area contributed by atoms with Crippen LogP contribution in [0.2, 0.25) is 0 Å². The molecule has 0 unspecified atom stereocenters. The molecule has 2 aromatic heterocycles. The van der Waals surface area contributed by atoms with Crippen LogP contribution in [0.3, 0.4) is 0 Å². The summed E-state index contributed by atoms with van der Waals surface area (Å²) >= 11 is 1.64. The van der Waals surface area contributed by atoms with Crippen LogP contribution in [0, 0.1) is 19.8 Å². The average Bonchev–Trinajstić information content (AvgIpc) is 3.31. The van der Waals surface area contributed by atoms with Crippen molar-refractivity contribution in [3.05, 3.63) is 22.5 Å². The number of hydrogen-bond donors (Lipinski definition) is 3. The van der Waals surface area contributed by atoms with Gasteiger partial charge in [0.15, 0.2) is 0 Å². The fourth-order valence-electron chi connectivity index (χ4n) is 4.16. The van der Waals surface area contributed by atoms with Crippen LogP contribution in [0.15, 0.2) is 11.2 Å². The normalized spacial score (nSPS) is 21.8. The van der Waals surface area contributed by atoms with E-state index >= 15 is 0 Å². The quantitative estimate of drug-likeness (QED) is 0.510. The first kappa shape index (κ1) is 21.9. The SMILES string of the molecule is CC=N/C=C\c1sc(-c2c(C)nc(NC3CCC3)nc2N[C@H]2CC[C@@H](CO)C2)nc1C. The number of aliphatic hydroxyl groups is 1. The Balaban J connectivity index is 1.67. The fourth-order valence-corrected chi connectivity index (χ4v) is 5.22. The summed E-state index contributed by atoms with van der Waals surface area (Å²) in [5.74, 6) is 1.90. The average molecular weight is 441 g/mol. The number of rotatable bonds is 8. The summed E-state index contributed by atoms with van der Waals surface area (Å²) in [6.07, 6.45) is 12.2. The highest BCUT2D eigenvalue weighted by molar-refractivity contribution is 7.16. The molecule has 0 bridgehead atoms. The van der Waals surface area contributed by atoms with Gasteiger partial charge in [-0.15, -0.1) is 11.3 Å². The molecule has 0 radical (unpaired) electrons. The summed E-state index contributed by atoms with van der Waals surface area (Å²) in [4.78, 5) is 19.8. The monoisotopic (exact) mass is 440 g/mol. The van der Waals surface area contributed by atoms with Crippen molar-refractivity contribution in [3.8, 4) is 10.6 Å². The van der Waals surface area contributed by atoms with Gasteiger partial charge in [-0.3, -0.25) is 4.99 Å². The second-order valence-electron chi connectivity index (χ2n) is 8.52. The Morgan fingerprint density at radius 3 is 2.58 bits per heavy atom. The van der Waals surface area contributed by atoms with Gasteiger partial charge in [0, 0.05) is 31.1 Å². The molecule has 0 aliphatic heterocycles. The predicted molar refractivity (Wildman–Crippen MR) is 129 cm³/mol. The second kappa shape index (κ2) is 9.87. The Hall–Kier alpha value is -2.32. The van der Waals surface area contributed by atoms with Crippen LogP contribution < -0.4 is 10.6 Å². The highest BCUT2D eigenvalue weighted by Crippen LogP contribution is 2.37. The van der Waals surface area contributed by atoms with E-state index in [4.69, 9.17) is 15.0 Å². The Morgan fingerprint density at radius 2 is 1.90 bits per heavy atom. The third-order valence-electron chi connectivity index (χ3n) is 6.18. The van der Waals surface area contributed by atoms with Gasteiger partial charge < -0.3 is 15.7 Å². The highest BCUT2D eigenvalue weighted by Gasteiger charge is 2.27. The van der Waals surface area contributed by atoms with E-state index in [1.54, 1.807) is 23.8 Å². The first-order chi connectivity index (χ1) is 15.1. The summed E-state index contributed by atoms with van der Waals surface area (Å²) in [7, 11) is 0. The smallest absolute Gasteiger partial charge is 0.225 e.